The third-order valence-corrected chi connectivity index (χ3v) is 5.58. The topological polar surface area (TPSA) is 33.7 Å². The van der Waals surface area contributed by atoms with Gasteiger partial charge in [-0.2, -0.15) is 0 Å². The minimum atomic E-state index is 0.318. The van der Waals surface area contributed by atoms with Gasteiger partial charge in [-0.1, -0.05) is 18.2 Å². The zero-order valence-corrected chi connectivity index (χ0v) is 15.3. The Hall–Kier alpha value is -1.52. The van der Waals surface area contributed by atoms with Gasteiger partial charge in [-0.25, -0.2) is 0 Å². The summed E-state index contributed by atoms with van der Waals surface area (Å²) < 4.78 is 10.8. The molecule has 4 unspecified atom stereocenters. The second kappa shape index (κ2) is 7.58. The Morgan fingerprint density at radius 2 is 1.92 bits per heavy atom. The van der Waals surface area contributed by atoms with Gasteiger partial charge < -0.3 is 19.7 Å². The number of benzene rings is 1. The van der Waals surface area contributed by atoms with E-state index in [0.29, 0.717) is 6.04 Å². The van der Waals surface area contributed by atoms with Crippen molar-refractivity contribution in [3.63, 3.8) is 0 Å². The van der Waals surface area contributed by atoms with Crippen LogP contribution in [-0.2, 0) is 0 Å². The smallest absolute Gasteiger partial charge is 0.161 e. The third kappa shape index (κ3) is 3.60. The fraction of sp³-hybridized carbons (Fsp3) is 0.600. The van der Waals surface area contributed by atoms with E-state index in [0.717, 1.165) is 42.3 Å². The van der Waals surface area contributed by atoms with Crippen LogP contribution in [0.1, 0.15) is 24.4 Å². The largest absolute Gasteiger partial charge is 0.493 e. The van der Waals surface area contributed by atoms with E-state index < -0.39 is 0 Å². The van der Waals surface area contributed by atoms with Gasteiger partial charge in [0.2, 0.25) is 0 Å². The lowest BCUT2D eigenvalue weighted by molar-refractivity contribution is 0.278. The van der Waals surface area contributed by atoms with Crippen LogP contribution in [0.5, 0.6) is 11.5 Å². The number of nitrogens with zero attached hydrogens (tertiary/aromatic N) is 1. The summed E-state index contributed by atoms with van der Waals surface area (Å²) in [6.07, 6.45) is 7.57. The maximum absolute atomic E-state index is 5.45. The average Bonchev–Trinajstić information content (AvgIpc) is 3.20. The Morgan fingerprint density at radius 3 is 2.50 bits per heavy atom. The van der Waals surface area contributed by atoms with Gasteiger partial charge in [0.15, 0.2) is 11.5 Å². The molecule has 2 aliphatic carbocycles. The summed E-state index contributed by atoms with van der Waals surface area (Å²) in [7, 11) is 7.62. The quantitative estimate of drug-likeness (QED) is 0.743. The first-order chi connectivity index (χ1) is 11.6. The summed E-state index contributed by atoms with van der Waals surface area (Å²) in [5.74, 6) is 4.03. The van der Waals surface area contributed by atoms with Crippen LogP contribution in [-0.4, -0.2) is 46.3 Å². The summed E-state index contributed by atoms with van der Waals surface area (Å²) >= 11 is 0. The number of hydrogen-bond donors (Lipinski definition) is 1. The fourth-order valence-electron chi connectivity index (χ4n) is 4.19. The number of ether oxygens (including phenoxy) is 2. The van der Waals surface area contributed by atoms with Crippen LogP contribution in [0.2, 0.25) is 0 Å². The van der Waals surface area contributed by atoms with Crippen molar-refractivity contribution in [2.45, 2.75) is 18.9 Å². The molecule has 24 heavy (non-hydrogen) atoms. The SMILES string of the molecule is COc1ccc(C(CNCC2CC3C=CC2C3)N(C)C)cc1OC. The number of allylic oxidation sites excluding steroid dienone is 2. The van der Waals surface area contributed by atoms with Gasteiger partial charge in [-0.15, -0.1) is 0 Å². The summed E-state index contributed by atoms with van der Waals surface area (Å²) in [5.41, 5.74) is 1.25. The Morgan fingerprint density at radius 1 is 1.12 bits per heavy atom. The number of fused-ring (bicyclic) bond motifs is 2. The maximum Gasteiger partial charge on any atom is 0.161 e. The first-order valence-electron chi connectivity index (χ1n) is 8.89. The second-order valence-electron chi connectivity index (χ2n) is 7.29. The molecular weight excluding hydrogens is 300 g/mol. The van der Waals surface area contributed by atoms with Gasteiger partial charge in [0.05, 0.1) is 14.2 Å². The molecule has 0 aliphatic heterocycles. The molecular formula is C20H30N2O2. The summed E-state index contributed by atoms with van der Waals surface area (Å²) in [4.78, 5) is 2.26. The second-order valence-corrected chi connectivity index (χ2v) is 7.29. The Labute approximate surface area is 145 Å². The van der Waals surface area contributed by atoms with Crippen LogP contribution in [0.25, 0.3) is 0 Å². The van der Waals surface area contributed by atoms with Crippen LogP contribution in [0.15, 0.2) is 30.4 Å². The van der Waals surface area contributed by atoms with E-state index in [2.05, 4.69) is 48.6 Å². The first-order valence-corrected chi connectivity index (χ1v) is 8.89. The molecule has 0 spiro atoms. The molecule has 2 bridgehead atoms. The van der Waals surface area contributed by atoms with Gasteiger partial charge in [-0.3, -0.25) is 0 Å². The van der Waals surface area contributed by atoms with E-state index >= 15 is 0 Å². The highest BCUT2D eigenvalue weighted by Crippen LogP contribution is 2.43. The lowest BCUT2D eigenvalue weighted by Crippen LogP contribution is -2.34. The Kier molecular flexibility index (Phi) is 5.47. The third-order valence-electron chi connectivity index (χ3n) is 5.58. The standard InChI is InChI=1S/C20H30N2O2/c1-22(2)18(16-7-8-19(23-3)20(11-16)24-4)13-21-12-17-10-14-5-6-15(17)9-14/h5-8,11,14-15,17-18,21H,9-10,12-13H2,1-4H3. The molecule has 0 radical (unpaired) electrons. The summed E-state index contributed by atoms with van der Waals surface area (Å²) in [6.45, 7) is 2.06. The first kappa shape index (κ1) is 17.3. The van der Waals surface area contributed by atoms with Crippen LogP contribution in [0.4, 0.5) is 0 Å². The number of rotatable bonds is 8. The van der Waals surface area contributed by atoms with Crippen molar-refractivity contribution in [2.24, 2.45) is 17.8 Å². The zero-order chi connectivity index (χ0) is 17.1. The minimum absolute atomic E-state index is 0.318. The van der Waals surface area contributed by atoms with Crippen molar-refractivity contribution >= 4 is 0 Å². The van der Waals surface area contributed by atoms with E-state index in [9.17, 15) is 0 Å². The van der Waals surface area contributed by atoms with Gasteiger partial charge in [0, 0.05) is 12.6 Å². The van der Waals surface area contributed by atoms with Crippen LogP contribution < -0.4 is 14.8 Å². The monoisotopic (exact) mass is 330 g/mol. The highest BCUT2D eigenvalue weighted by Gasteiger charge is 2.35. The van der Waals surface area contributed by atoms with E-state index in [-0.39, 0.29) is 0 Å². The molecule has 4 atom stereocenters. The lowest BCUT2D eigenvalue weighted by atomic mass is 9.93. The highest BCUT2D eigenvalue weighted by atomic mass is 16.5. The average molecular weight is 330 g/mol. The Bertz CT molecular complexity index is 585. The van der Waals surface area contributed by atoms with Crippen molar-refractivity contribution in [3.05, 3.63) is 35.9 Å². The van der Waals surface area contributed by atoms with Gasteiger partial charge in [-0.05, 0) is 68.9 Å². The number of likely N-dealkylation sites (N-methyl/N-ethyl adjacent to an activating group) is 1. The molecule has 0 saturated heterocycles. The predicted molar refractivity (Wildman–Crippen MR) is 97.7 cm³/mol. The molecule has 4 nitrogen and oxygen atoms in total. The van der Waals surface area contributed by atoms with Crippen molar-refractivity contribution in [1.29, 1.82) is 0 Å². The summed E-state index contributed by atoms with van der Waals surface area (Å²) in [5, 5.41) is 3.71. The lowest BCUT2D eigenvalue weighted by Gasteiger charge is -2.27. The molecule has 1 fully saturated rings. The van der Waals surface area contributed by atoms with Crippen LogP contribution in [0, 0.1) is 17.8 Å². The zero-order valence-electron chi connectivity index (χ0n) is 15.3. The van der Waals surface area contributed by atoms with Gasteiger partial charge >= 0.3 is 0 Å². The van der Waals surface area contributed by atoms with E-state index in [4.69, 9.17) is 9.47 Å². The molecule has 1 saturated carbocycles. The molecule has 1 aromatic carbocycles. The molecule has 4 heteroatoms. The van der Waals surface area contributed by atoms with E-state index in [1.165, 1.54) is 18.4 Å². The van der Waals surface area contributed by atoms with Crippen molar-refractivity contribution in [3.8, 4) is 11.5 Å². The van der Waals surface area contributed by atoms with Crippen molar-refractivity contribution < 1.29 is 9.47 Å². The van der Waals surface area contributed by atoms with Gasteiger partial charge in [0.1, 0.15) is 0 Å². The molecule has 3 rings (SSSR count). The normalized spacial score (nSPS) is 26.1. The fourth-order valence-corrected chi connectivity index (χ4v) is 4.19. The molecule has 1 N–H and O–H groups in total. The molecule has 0 amide bonds. The summed E-state index contributed by atoms with van der Waals surface area (Å²) in [6, 6.07) is 6.53. The number of methoxy groups -OCH3 is 2. The minimum Gasteiger partial charge on any atom is -0.493 e. The predicted octanol–water partition coefficient (Wildman–Crippen LogP) is 3.11. The molecule has 1 aromatic rings. The number of nitrogens with one attached hydrogen (secondary N) is 1. The van der Waals surface area contributed by atoms with Crippen molar-refractivity contribution in [2.75, 3.05) is 41.4 Å². The van der Waals surface area contributed by atoms with E-state index in [1.807, 2.05) is 6.07 Å². The van der Waals surface area contributed by atoms with Crippen molar-refractivity contribution in [1.82, 2.24) is 10.2 Å². The number of hydrogen-bond acceptors (Lipinski definition) is 4. The Balaban J connectivity index is 1.61. The highest BCUT2D eigenvalue weighted by molar-refractivity contribution is 5.43. The molecule has 132 valence electrons. The van der Waals surface area contributed by atoms with E-state index in [1.54, 1.807) is 14.2 Å². The molecule has 2 aliphatic rings. The van der Waals surface area contributed by atoms with Crippen LogP contribution in [0.3, 0.4) is 0 Å². The van der Waals surface area contributed by atoms with Crippen LogP contribution >= 0.6 is 0 Å². The maximum atomic E-state index is 5.45. The molecule has 0 heterocycles. The van der Waals surface area contributed by atoms with Gasteiger partial charge in [0.25, 0.3) is 0 Å². The molecule has 0 aromatic heterocycles.